The smallest absolute Gasteiger partial charge is 0.333 e. The van der Waals surface area contributed by atoms with Crippen LogP contribution in [-0.2, 0) is 15.0 Å². The Balaban J connectivity index is 1.72. The first-order valence-electron chi connectivity index (χ1n) is 7.28. The van der Waals surface area contributed by atoms with Crippen molar-refractivity contribution in [2.75, 3.05) is 9.03 Å². The summed E-state index contributed by atoms with van der Waals surface area (Å²) in [4.78, 5) is 21.3. The van der Waals surface area contributed by atoms with Crippen LogP contribution in [0.4, 0.5) is 11.4 Å². The minimum absolute atomic E-state index is 0.176. The monoisotopic (exact) mass is 354 g/mol. The van der Waals surface area contributed by atoms with E-state index in [0.717, 1.165) is 5.39 Å². The summed E-state index contributed by atoms with van der Waals surface area (Å²) < 4.78 is 28.2. The molecule has 1 amide bonds. The Morgan fingerprint density at radius 3 is 2.88 bits per heavy atom. The van der Waals surface area contributed by atoms with Crippen molar-refractivity contribution < 1.29 is 13.2 Å². The Bertz CT molecular complexity index is 1180. The number of aromatic amines is 2. The first-order valence-corrected chi connectivity index (χ1v) is 8.72. The molecule has 8 nitrogen and oxygen atoms in total. The number of nitrogens with zero attached hydrogens (tertiary/aromatic N) is 2. The van der Waals surface area contributed by atoms with E-state index in [4.69, 9.17) is 0 Å². The summed E-state index contributed by atoms with van der Waals surface area (Å²) in [6.45, 7) is 0. The highest BCUT2D eigenvalue weighted by molar-refractivity contribution is 7.94. The average Bonchev–Trinajstić information content (AvgIpc) is 3.22. The van der Waals surface area contributed by atoms with Gasteiger partial charge in [0.15, 0.2) is 0 Å². The molecule has 0 aliphatic rings. The molecule has 0 saturated carbocycles. The van der Waals surface area contributed by atoms with E-state index in [1.165, 1.54) is 18.7 Å². The summed E-state index contributed by atoms with van der Waals surface area (Å²) >= 11 is 0. The molecule has 0 bridgehead atoms. The van der Waals surface area contributed by atoms with E-state index in [0.29, 0.717) is 26.5 Å². The van der Waals surface area contributed by atoms with Gasteiger partial charge in [0.1, 0.15) is 5.65 Å². The summed E-state index contributed by atoms with van der Waals surface area (Å²) in [6, 6.07) is 10.1. The first kappa shape index (κ1) is 15.2. The van der Waals surface area contributed by atoms with Crippen LogP contribution in [0, 0.1) is 0 Å². The van der Waals surface area contributed by atoms with Crippen molar-refractivity contribution in [3.05, 3.63) is 55.0 Å². The zero-order valence-corrected chi connectivity index (χ0v) is 13.5. The van der Waals surface area contributed by atoms with Crippen LogP contribution in [0.15, 0.2) is 55.0 Å². The van der Waals surface area contributed by atoms with Gasteiger partial charge in [-0.25, -0.2) is 4.98 Å². The number of aromatic nitrogens is 3. The number of rotatable bonds is 5. The fraction of sp³-hybridized carbons (Fsp3) is 0. The van der Waals surface area contributed by atoms with Gasteiger partial charge in [-0.2, -0.15) is 12.7 Å². The van der Waals surface area contributed by atoms with Crippen LogP contribution in [0.5, 0.6) is 0 Å². The molecule has 0 aliphatic heterocycles. The zero-order chi connectivity index (χ0) is 17.4. The molecule has 0 fully saturated rings. The van der Waals surface area contributed by atoms with Crippen molar-refractivity contribution in [3.63, 3.8) is 0 Å². The molecule has 1 radical (unpaired) electrons. The van der Waals surface area contributed by atoms with E-state index in [1.807, 2.05) is 6.07 Å². The van der Waals surface area contributed by atoms with Crippen LogP contribution in [0.2, 0.25) is 0 Å². The van der Waals surface area contributed by atoms with Gasteiger partial charge in [0.05, 0.1) is 11.4 Å². The fourth-order valence-corrected chi connectivity index (χ4v) is 3.65. The third-order valence-corrected chi connectivity index (χ3v) is 5.03. The highest BCUT2D eigenvalue weighted by Crippen LogP contribution is 2.26. The van der Waals surface area contributed by atoms with Crippen LogP contribution in [-0.4, -0.2) is 29.8 Å². The Morgan fingerprint density at radius 2 is 2.04 bits per heavy atom. The number of pyridine rings is 1. The van der Waals surface area contributed by atoms with Crippen molar-refractivity contribution in [2.24, 2.45) is 0 Å². The summed E-state index contributed by atoms with van der Waals surface area (Å²) in [6.07, 6.45) is 6.27. The van der Waals surface area contributed by atoms with Gasteiger partial charge < -0.3 is 9.97 Å². The van der Waals surface area contributed by atoms with Crippen LogP contribution in [0.25, 0.3) is 21.9 Å². The van der Waals surface area contributed by atoms with Gasteiger partial charge in [0.25, 0.3) is 0 Å². The molecule has 0 unspecified atom stereocenters. The number of carbonyl (C=O) groups excluding carboxylic acids is 1. The molecule has 0 atom stereocenters. The number of hydrogen-bond donors (Lipinski definition) is 3. The largest absolute Gasteiger partial charge is 0.361 e. The molecule has 0 saturated heterocycles. The Kier molecular flexibility index (Phi) is 3.43. The summed E-state index contributed by atoms with van der Waals surface area (Å²) in [5.41, 5.74) is 1.72. The summed E-state index contributed by atoms with van der Waals surface area (Å²) in [5, 5.41) is 1.50. The molecule has 4 aromatic rings. The molecular weight excluding hydrogens is 342 g/mol. The van der Waals surface area contributed by atoms with E-state index >= 15 is 0 Å². The molecule has 125 valence electrons. The highest BCUT2D eigenvalue weighted by atomic mass is 32.2. The molecular formula is C16H12N5O3S. The van der Waals surface area contributed by atoms with E-state index in [-0.39, 0.29) is 5.69 Å². The van der Waals surface area contributed by atoms with E-state index in [1.54, 1.807) is 36.7 Å². The molecule has 9 heteroatoms. The van der Waals surface area contributed by atoms with E-state index in [2.05, 4.69) is 19.7 Å². The SMILES string of the molecule is O=[C]N(c1ccc2cc[nH]c2c1)S(=O)(=O)Nc1c[nH]c2ncccc12. The second kappa shape index (κ2) is 5.64. The average molecular weight is 354 g/mol. The molecule has 4 rings (SSSR count). The summed E-state index contributed by atoms with van der Waals surface area (Å²) in [7, 11) is -4.19. The lowest BCUT2D eigenvalue weighted by Gasteiger charge is -2.17. The van der Waals surface area contributed by atoms with Gasteiger partial charge in [-0.3, -0.25) is 9.52 Å². The van der Waals surface area contributed by atoms with Crippen molar-refractivity contribution in [3.8, 4) is 0 Å². The maximum absolute atomic E-state index is 12.7. The number of anilines is 2. The molecule has 25 heavy (non-hydrogen) atoms. The predicted octanol–water partition coefficient (Wildman–Crippen LogP) is 2.27. The number of amides is 1. The van der Waals surface area contributed by atoms with E-state index < -0.39 is 10.2 Å². The quantitative estimate of drug-likeness (QED) is 0.477. The van der Waals surface area contributed by atoms with Crippen molar-refractivity contribution in [2.45, 2.75) is 0 Å². The van der Waals surface area contributed by atoms with Crippen LogP contribution >= 0.6 is 0 Å². The van der Waals surface area contributed by atoms with E-state index in [9.17, 15) is 13.2 Å². The van der Waals surface area contributed by atoms with Crippen molar-refractivity contribution in [1.29, 1.82) is 0 Å². The number of benzene rings is 1. The molecule has 1 aromatic carbocycles. The second-order valence-electron chi connectivity index (χ2n) is 5.31. The maximum Gasteiger partial charge on any atom is 0.333 e. The third kappa shape index (κ3) is 2.60. The third-order valence-electron chi connectivity index (χ3n) is 3.79. The Morgan fingerprint density at radius 1 is 1.16 bits per heavy atom. The first-order chi connectivity index (χ1) is 12.1. The standard InChI is InChI=1S/C16H12N5O3S/c22-10-21(12-4-3-11-5-7-17-14(11)8-12)25(23,24)20-15-9-19-16-13(15)2-1-6-18-16/h1-9,17,20H,(H,18,19). The van der Waals surface area contributed by atoms with Gasteiger partial charge in [-0.1, -0.05) is 6.07 Å². The zero-order valence-electron chi connectivity index (χ0n) is 12.7. The molecule has 0 spiro atoms. The maximum atomic E-state index is 12.7. The lowest BCUT2D eigenvalue weighted by molar-refractivity contribution is 0.554. The van der Waals surface area contributed by atoms with Crippen LogP contribution < -0.4 is 9.03 Å². The lowest BCUT2D eigenvalue weighted by Crippen LogP contribution is -2.34. The molecule has 3 aromatic heterocycles. The topological polar surface area (TPSA) is 111 Å². The van der Waals surface area contributed by atoms with Gasteiger partial charge >= 0.3 is 16.6 Å². The predicted molar refractivity (Wildman–Crippen MR) is 95.1 cm³/mol. The number of hydrogen-bond acceptors (Lipinski definition) is 4. The van der Waals surface area contributed by atoms with Crippen LogP contribution in [0.1, 0.15) is 0 Å². The molecule has 3 heterocycles. The molecule has 0 aliphatic carbocycles. The normalized spacial score (nSPS) is 11.7. The number of H-pyrrole nitrogens is 2. The minimum Gasteiger partial charge on any atom is -0.361 e. The van der Waals surface area contributed by atoms with Gasteiger partial charge in [-0.05, 0) is 35.7 Å². The molecule has 3 N–H and O–H groups in total. The highest BCUT2D eigenvalue weighted by Gasteiger charge is 2.24. The van der Waals surface area contributed by atoms with Crippen molar-refractivity contribution >= 4 is 49.9 Å². The number of nitrogens with one attached hydrogen (secondary N) is 3. The van der Waals surface area contributed by atoms with Gasteiger partial charge in [0.2, 0.25) is 0 Å². The van der Waals surface area contributed by atoms with Gasteiger partial charge in [-0.15, -0.1) is 0 Å². The minimum atomic E-state index is -4.19. The summed E-state index contributed by atoms with van der Waals surface area (Å²) in [5.74, 6) is 0. The Hall–Kier alpha value is -3.33. The van der Waals surface area contributed by atoms with Gasteiger partial charge in [0, 0.05) is 29.5 Å². The second-order valence-corrected chi connectivity index (χ2v) is 6.83. The fourth-order valence-electron chi connectivity index (χ4n) is 2.63. The van der Waals surface area contributed by atoms with Crippen LogP contribution in [0.3, 0.4) is 0 Å². The number of fused-ring (bicyclic) bond motifs is 2. The van der Waals surface area contributed by atoms with Crippen molar-refractivity contribution in [1.82, 2.24) is 15.0 Å². The Labute approximate surface area is 142 Å². The lowest BCUT2D eigenvalue weighted by atomic mass is 10.2.